The number of nitrogens with zero attached hydrogens (tertiary/aromatic N) is 1. The van der Waals surface area contributed by atoms with E-state index in [9.17, 15) is 4.79 Å². The van der Waals surface area contributed by atoms with Gasteiger partial charge in [0.15, 0.2) is 0 Å². The molecule has 12 heavy (non-hydrogen) atoms. The van der Waals surface area contributed by atoms with Gasteiger partial charge in [0.05, 0.1) is 12.5 Å². The lowest BCUT2D eigenvalue weighted by atomic mass is 10.1. The van der Waals surface area contributed by atoms with Crippen LogP contribution in [0.15, 0.2) is 12.5 Å². The first-order valence-corrected chi connectivity index (χ1v) is 4.03. The second-order valence-electron chi connectivity index (χ2n) is 2.76. The topological polar surface area (TPSA) is 57.8 Å². The van der Waals surface area contributed by atoms with Crippen molar-refractivity contribution >= 4 is 11.7 Å². The van der Waals surface area contributed by atoms with E-state index in [4.69, 9.17) is 0 Å². The highest BCUT2D eigenvalue weighted by Crippen LogP contribution is 2.05. The van der Waals surface area contributed by atoms with Gasteiger partial charge in [0, 0.05) is 5.92 Å². The van der Waals surface area contributed by atoms with Crippen molar-refractivity contribution in [3.63, 3.8) is 0 Å². The molecule has 2 N–H and O–H groups in total. The highest BCUT2D eigenvalue weighted by atomic mass is 16.1. The smallest absolute Gasteiger partial charge is 0.228 e. The zero-order valence-corrected chi connectivity index (χ0v) is 7.29. The molecular weight excluding hydrogens is 154 g/mol. The Hall–Kier alpha value is -1.32. The Kier molecular flexibility index (Phi) is 2.85. The van der Waals surface area contributed by atoms with Crippen LogP contribution in [0.5, 0.6) is 0 Å². The molecule has 0 radical (unpaired) electrons. The third-order valence-electron chi connectivity index (χ3n) is 1.82. The predicted octanol–water partition coefficient (Wildman–Crippen LogP) is 1.39. The zero-order valence-electron chi connectivity index (χ0n) is 7.29. The predicted molar refractivity (Wildman–Crippen MR) is 46.7 cm³/mol. The SMILES string of the molecule is CCC(C)C(=O)Nc1cnc[nH]1. The maximum absolute atomic E-state index is 11.3. The zero-order chi connectivity index (χ0) is 8.97. The van der Waals surface area contributed by atoms with Crippen molar-refractivity contribution in [3.05, 3.63) is 12.5 Å². The number of hydrogen-bond donors (Lipinski definition) is 2. The monoisotopic (exact) mass is 167 g/mol. The first kappa shape index (κ1) is 8.77. The molecular formula is C8H13N3O. The van der Waals surface area contributed by atoms with Crippen molar-refractivity contribution in [2.24, 2.45) is 5.92 Å². The number of H-pyrrole nitrogens is 1. The third-order valence-corrected chi connectivity index (χ3v) is 1.82. The normalized spacial score (nSPS) is 12.5. The molecule has 1 rings (SSSR count). The van der Waals surface area contributed by atoms with Crippen LogP contribution >= 0.6 is 0 Å². The van der Waals surface area contributed by atoms with Gasteiger partial charge in [-0.1, -0.05) is 13.8 Å². The number of aromatic nitrogens is 2. The van der Waals surface area contributed by atoms with Crippen LogP contribution in [-0.2, 0) is 4.79 Å². The average Bonchev–Trinajstić information content (AvgIpc) is 2.55. The molecule has 1 amide bonds. The van der Waals surface area contributed by atoms with Crippen LogP contribution in [0.2, 0.25) is 0 Å². The van der Waals surface area contributed by atoms with Gasteiger partial charge in [0.2, 0.25) is 5.91 Å². The molecule has 4 heteroatoms. The summed E-state index contributed by atoms with van der Waals surface area (Å²) in [4.78, 5) is 17.9. The summed E-state index contributed by atoms with van der Waals surface area (Å²) >= 11 is 0. The number of carbonyl (C=O) groups excluding carboxylic acids is 1. The lowest BCUT2D eigenvalue weighted by Gasteiger charge is -2.07. The van der Waals surface area contributed by atoms with E-state index in [0.29, 0.717) is 5.82 Å². The number of rotatable bonds is 3. The van der Waals surface area contributed by atoms with E-state index >= 15 is 0 Å². The minimum absolute atomic E-state index is 0.0294. The molecule has 0 aliphatic heterocycles. The number of imidazole rings is 1. The van der Waals surface area contributed by atoms with Gasteiger partial charge in [-0.3, -0.25) is 4.79 Å². The highest BCUT2D eigenvalue weighted by molar-refractivity contribution is 5.91. The summed E-state index contributed by atoms with van der Waals surface area (Å²) in [6, 6.07) is 0. The van der Waals surface area contributed by atoms with Crippen LogP contribution in [0, 0.1) is 5.92 Å². The summed E-state index contributed by atoms with van der Waals surface area (Å²) < 4.78 is 0. The Morgan fingerprint density at radius 1 is 1.83 bits per heavy atom. The van der Waals surface area contributed by atoms with Gasteiger partial charge in [0.25, 0.3) is 0 Å². The minimum atomic E-state index is 0.0294. The van der Waals surface area contributed by atoms with Crippen LogP contribution in [-0.4, -0.2) is 15.9 Å². The summed E-state index contributed by atoms with van der Waals surface area (Å²) in [5.41, 5.74) is 0. The van der Waals surface area contributed by atoms with E-state index in [1.165, 1.54) is 6.33 Å². The number of carbonyl (C=O) groups is 1. The van der Waals surface area contributed by atoms with E-state index in [2.05, 4.69) is 15.3 Å². The van der Waals surface area contributed by atoms with Gasteiger partial charge >= 0.3 is 0 Å². The molecule has 1 aromatic rings. The van der Waals surface area contributed by atoms with Gasteiger partial charge in [-0.25, -0.2) is 4.98 Å². The van der Waals surface area contributed by atoms with Crippen molar-refractivity contribution < 1.29 is 4.79 Å². The van der Waals surface area contributed by atoms with Gasteiger partial charge in [0.1, 0.15) is 5.82 Å². The lowest BCUT2D eigenvalue weighted by molar-refractivity contribution is -0.119. The van der Waals surface area contributed by atoms with Crippen molar-refractivity contribution in [3.8, 4) is 0 Å². The summed E-state index contributed by atoms with van der Waals surface area (Å²) in [5, 5.41) is 2.72. The number of aromatic amines is 1. The summed E-state index contributed by atoms with van der Waals surface area (Å²) in [6.45, 7) is 3.88. The number of nitrogens with one attached hydrogen (secondary N) is 2. The van der Waals surface area contributed by atoms with Crippen LogP contribution in [0.3, 0.4) is 0 Å². The second-order valence-corrected chi connectivity index (χ2v) is 2.76. The quantitative estimate of drug-likeness (QED) is 0.714. The molecule has 0 aliphatic rings. The van der Waals surface area contributed by atoms with E-state index in [-0.39, 0.29) is 11.8 Å². The molecule has 0 saturated heterocycles. The first-order chi connectivity index (χ1) is 5.74. The Morgan fingerprint density at radius 2 is 2.58 bits per heavy atom. The Bertz CT molecular complexity index is 243. The van der Waals surface area contributed by atoms with Crippen molar-refractivity contribution in [2.45, 2.75) is 20.3 Å². The molecule has 0 aliphatic carbocycles. The lowest BCUT2D eigenvalue weighted by Crippen LogP contribution is -2.19. The summed E-state index contributed by atoms with van der Waals surface area (Å²) in [5.74, 6) is 0.732. The van der Waals surface area contributed by atoms with Crippen molar-refractivity contribution in [1.29, 1.82) is 0 Å². The van der Waals surface area contributed by atoms with Gasteiger partial charge < -0.3 is 10.3 Å². The molecule has 4 nitrogen and oxygen atoms in total. The number of hydrogen-bond acceptors (Lipinski definition) is 2. The Labute approximate surface area is 71.4 Å². The van der Waals surface area contributed by atoms with Gasteiger partial charge in [-0.2, -0.15) is 0 Å². The van der Waals surface area contributed by atoms with Crippen molar-refractivity contribution in [1.82, 2.24) is 9.97 Å². The van der Waals surface area contributed by atoms with E-state index in [1.807, 2.05) is 13.8 Å². The number of amides is 1. The van der Waals surface area contributed by atoms with Crippen LogP contribution in [0.25, 0.3) is 0 Å². The van der Waals surface area contributed by atoms with Crippen LogP contribution in [0.1, 0.15) is 20.3 Å². The summed E-state index contributed by atoms with van der Waals surface area (Å²) in [6.07, 6.45) is 3.96. The van der Waals surface area contributed by atoms with E-state index < -0.39 is 0 Å². The van der Waals surface area contributed by atoms with Crippen LogP contribution in [0.4, 0.5) is 5.82 Å². The maximum atomic E-state index is 11.3. The maximum Gasteiger partial charge on any atom is 0.228 e. The highest BCUT2D eigenvalue weighted by Gasteiger charge is 2.10. The first-order valence-electron chi connectivity index (χ1n) is 4.03. The molecule has 1 aromatic heterocycles. The van der Waals surface area contributed by atoms with Crippen molar-refractivity contribution in [2.75, 3.05) is 5.32 Å². The molecule has 0 spiro atoms. The fourth-order valence-electron chi connectivity index (χ4n) is 0.766. The third kappa shape index (κ3) is 2.08. The molecule has 0 bridgehead atoms. The second kappa shape index (κ2) is 3.90. The largest absolute Gasteiger partial charge is 0.331 e. The summed E-state index contributed by atoms with van der Waals surface area (Å²) in [7, 11) is 0. The molecule has 0 saturated carbocycles. The average molecular weight is 167 g/mol. The van der Waals surface area contributed by atoms with Gasteiger partial charge in [-0.15, -0.1) is 0 Å². The van der Waals surface area contributed by atoms with Gasteiger partial charge in [-0.05, 0) is 6.42 Å². The molecule has 1 atom stereocenters. The molecule has 0 aromatic carbocycles. The fraction of sp³-hybridized carbons (Fsp3) is 0.500. The van der Waals surface area contributed by atoms with E-state index in [1.54, 1.807) is 6.20 Å². The fourth-order valence-corrected chi connectivity index (χ4v) is 0.766. The Morgan fingerprint density at radius 3 is 3.08 bits per heavy atom. The van der Waals surface area contributed by atoms with Crippen LogP contribution < -0.4 is 5.32 Å². The van der Waals surface area contributed by atoms with E-state index in [0.717, 1.165) is 6.42 Å². The molecule has 0 fully saturated rings. The Balaban J connectivity index is 2.47. The molecule has 1 unspecified atom stereocenters. The molecule has 1 heterocycles. The number of anilines is 1. The minimum Gasteiger partial charge on any atom is -0.331 e. The molecule has 66 valence electrons. The standard InChI is InChI=1S/C8H13N3O/c1-3-6(2)8(12)11-7-4-9-5-10-7/h4-6H,3H2,1-2H3,(H,9,10)(H,11,12).